The summed E-state index contributed by atoms with van der Waals surface area (Å²) in [6.07, 6.45) is 0. The van der Waals surface area contributed by atoms with Crippen molar-refractivity contribution in [2.75, 3.05) is 5.73 Å². The number of nitrogens with two attached hydrogens (primary N) is 1. The first-order chi connectivity index (χ1) is 13.8. The Hall–Kier alpha value is -3.05. The molecule has 0 fully saturated rings. The molecule has 4 aromatic rings. The van der Waals surface area contributed by atoms with Crippen LogP contribution in [0.2, 0.25) is 0 Å². The molecule has 0 spiro atoms. The van der Waals surface area contributed by atoms with E-state index in [-0.39, 0.29) is 17.7 Å². The van der Waals surface area contributed by atoms with Gasteiger partial charge in [0.2, 0.25) is 5.78 Å². The van der Waals surface area contributed by atoms with Crippen LogP contribution in [0.4, 0.5) is 5.13 Å². The molecule has 0 saturated heterocycles. The summed E-state index contributed by atoms with van der Waals surface area (Å²) < 4.78 is 1.59. The minimum Gasteiger partial charge on any atom is -0.290 e. The number of hydrogen-bond acceptors (Lipinski definition) is 4. The maximum Gasteiger partial charge on any atom is 0.354 e. The van der Waals surface area contributed by atoms with E-state index >= 15 is 0 Å². The molecule has 0 amide bonds. The van der Waals surface area contributed by atoms with E-state index in [0.29, 0.717) is 10.7 Å². The molecule has 0 unspecified atom stereocenters. The summed E-state index contributed by atoms with van der Waals surface area (Å²) in [6.45, 7) is 6.70. The third kappa shape index (κ3) is 4.05. The number of nitrogen functional groups attached to an aromatic ring is 1. The number of rotatable bonds is 4. The quantitative estimate of drug-likeness (QED) is 0.385. The van der Waals surface area contributed by atoms with E-state index in [4.69, 9.17) is 5.73 Å². The maximum atomic E-state index is 12.8. The Morgan fingerprint density at radius 1 is 1.00 bits per heavy atom. The third-order valence-corrected chi connectivity index (χ3v) is 5.96. The van der Waals surface area contributed by atoms with Gasteiger partial charge in [-0.1, -0.05) is 86.5 Å². The smallest absolute Gasteiger partial charge is 0.290 e. The molecule has 4 rings (SSSR count). The Morgan fingerprint density at radius 2 is 1.69 bits per heavy atom. The first-order valence-corrected chi connectivity index (χ1v) is 10.4. The summed E-state index contributed by atoms with van der Waals surface area (Å²) >= 11 is 1.40. The average Bonchev–Trinajstić information content (AvgIpc) is 3.07. The fourth-order valence-electron chi connectivity index (χ4n) is 3.26. The van der Waals surface area contributed by atoms with Crippen LogP contribution >= 0.6 is 11.3 Å². The molecule has 4 nitrogen and oxygen atoms in total. The lowest BCUT2D eigenvalue weighted by molar-refractivity contribution is -0.722. The van der Waals surface area contributed by atoms with Crippen molar-refractivity contribution in [1.29, 1.82) is 0 Å². The standard InChI is InChI=1S/C24H23N3OS/c1-24(2,3)20-12-10-17(11-13-20)22-26-27(23(25)29-22)15-21(28)19-9-8-16-6-4-5-7-18(16)14-19/h4-14,25H,15H2,1-3H3/p+1. The van der Waals surface area contributed by atoms with Crippen LogP contribution in [0.5, 0.6) is 0 Å². The van der Waals surface area contributed by atoms with Crippen LogP contribution in [-0.4, -0.2) is 10.9 Å². The van der Waals surface area contributed by atoms with Gasteiger partial charge in [-0.15, -0.1) is 4.68 Å². The zero-order chi connectivity index (χ0) is 20.6. The van der Waals surface area contributed by atoms with Crippen molar-refractivity contribution >= 4 is 33.0 Å². The second-order valence-electron chi connectivity index (χ2n) is 8.22. The number of fused-ring (bicyclic) bond motifs is 1. The van der Waals surface area contributed by atoms with Crippen LogP contribution in [0.1, 0.15) is 36.7 Å². The predicted molar refractivity (Wildman–Crippen MR) is 119 cm³/mol. The Bertz CT molecular complexity index is 1190. The molecular weight excluding hydrogens is 378 g/mol. The monoisotopic (exact) mass is 402 g/mol. The number of carbonyl (C=O) groups is 1. The first kappa shape index (κ1) is 19.3. The molecule has 2 N–H and O–H groups in total. The van der Waals surface area contributed by atoms with Gasteiger partial charge in [-0.05, 0) is 39.2 Å². The van der Waals surface area contributed by atoms with Gasteiger partial charge in [0.25, 0.3) is 0 Å². The van der Waals surface area contributed by atoms with Gasteiger partial charge in [0, 0.05) is 11.1 Å². The van der Waals surface area contributed by atoms with Gasteiger partial charge in [0.1, 0.15) is 0 Å². The van der Waals surface area contributed by atoms with Gasteiger partial charge in [0.05, 0.1) is 0 Å². The van der Waals surface area contributed by atoms with Crippen molar-refractivity contribution in [1.82, 2.24) is 5.10 Å². The van der Waals surface area contributed by atoms with Crippen LogP contribution in [0.25, 0.3) is 21.3 Å². The number of Topliss-reactive ketones (excluding diaryl/α,β-unsaturated/α-hetero) is 1. The normalized spacial score (nSPS) is 11.7. The van der Waals surface area contributed by atoms with Crippen molar-refractivity contribution in [3.63, 3.8) is 0 Å². The zero-order valence-electron chi connectivity index (χ0n) is 16.8. The van der Waals surface area contributed by atoms with Crippen molar-refractivity contribution < 1.29 is 9.48 Å². The molecule has 0 atom stereocenters. The van der Waals surface area contributed by atoms with Crippen LogP contribution in [0.15, 0.2) is 66.7 Å². The summed E-state index contributed by atoms with van der Waals surface area (Å²) in [6, 6.07) is 22.1. The fourth-order valence-corrected chi connectivity index (χ4v) is 4.07. The lowest BCUT2D eigenvalue weighted by Crippen LogP contribution is -2.41. The number of hydrogen-bond donors (Lipinski definition) is 1. The Kier molecular flexibility index (Phi) is 4.92. The molecule has 0 aliphatic heterocycles. The summed E-state index contributed by atoms with van der Waals surface area (Å²) in [7, 11) is 0. The van der Waals surface area contributed by atoms with Crippen molar-refractivity contribution in [2.45, 2.75) is 32.7 Å². The third-order valence-electron chi connectivity index (χ3n) is 5.03. The molecule has 1 heterocycles. The van der Waals surface area contributed by atoms with E-state index in [2.05, 4.69) is 50.1 Å². The molecule has 146 valence electrons. The van der Waals surface area contributed by atoms with E-state index < -0.39 is 0 Å². The molecule has 5 heteroatoms. The van der Waals surface area contributed by atoms with Crippen LogP contribution in [0, 0.1) is 0 Å². The van der Waals surface area contributed by atoms with Crippen LogP contribution in [0.3, 0.4) is 0 Å². The van der Waals surface area contributed by atoms with E-state index in [1.807, 2.05) is 42.5 Å². The highest BCUT2D eigenvalue weighted by Crippen LogP contribution is 2.28. The lowest BCUT2D eigenvalue weighted by atomic mass is 9.87. The summed E-state index contributed by atoms with van der Waals surface area (Å²) in [5.41, 5.74) is 9.21. The molecule has 0 aliphatic rings. The van der Waals surface area contributed by atoms with Gasteiger partial charge in [-0.2, -0.15) is 0 Å². The van der Waals surface area contributed by atoms with E-state index in [1.54, 1.807) is 4.68 Å². The van der Waals surface area contributed by atoms with Crippen molar-refractivity contribution in [3.05, 3.63) is 77.9 Å². The summed E-state index contributed by atoms with van der Waals surface area (Å²) in [5, 5.41) is 8.09. The molecule has 29 heavy (non-hydrogen) atoms. The summed E-state index contributed by atoms with van der Waals surface area (Å²) in [4.78, 5) is 12.8. The van der Waals surface area contributed by atoms with Crippen LogP contribution in [-0.2, 0) is 12.0 Å². The van der Waals surface area contributed by atoms with E-state index in [9.17, 15) is 4.79 Å². The Balaban J connectivity index is 1.56. The maximum absolute atomic E-state index is 12.8. The SMILES string of the molecule is CC(C)(C)c1ccc(-c2n[n+](CC(=O)c3ccc4ccccc4c3)c(N)s2)cc1. The highest BCUT2D eigenvalue weighted by molar-refractivity contribution is 7.17. The number of anilines is 1. The van der Waals surface area contributed by atoms with Crippen molar-refractivity contribution in [3.8, 4) is 10.6 Å². The minimum absolute atomic E-state index is 0.00705. The van der Waals surface area contributed by atoms with Gasteiger partial charge in [0.15, 0.2) is 11.6 Å². The largest absolute Gasteiger partial charge is 0.354 e. The minimum atomic E-state index is -0.00705. The number of benzene rings is 3. The second-order valence-corrected chi connectivity index (χ2v) is 9.22. The average molecular weight is 403 g/mol. The first-order valence-electron chi connectivity index (χ1n) is 9.60. The second kappa shape index (κ2) is 7.41. The highest BCUT2D eigenvalue weighted by atomic mass is 32.1. The molecule has 3 aromatic carbocycles. The van der Waals surface area contributed by atoms with E-state index in [0.717, 1.165) is 21.3 Å². The highest BCUT2D eigenvalue weighted by Gasteiger charge is 2.20. The Labute approximate surface area is 174 Å². The van der Waals surface area contributed by atoms with Gasteiger partial charge in [-0.3, -0.25) is 10.5 Å². The van der Waals surface area contributed by atoms with Gasteiger partial charge >= 0.3 is 5.13 Å². The molecule has 1 aromatic heterocycles. The van der Waals surface area contributed by atoms with Crippen molar-refractivity contribution in [2.24, 2.45) is 0 Å². The topological polar surface area (TPSA) is 59.9 Å². The van der Waals surface area contributed by atoms with Crippen LogP contribution < -0.4 is 10.4 Å². The number of nitrogens with zero attached hydrogens (tertiary/aromatic N) is 2. The number of ketones is 1. The Morgan fingerprint density at radius 3 is 2.38 bits per heavy atom. The number of aromatic nitrogens is 2. The number of carbonyl (C=O) groups excluding carboxylic acids is 1. The molecule has 0 bridgehead atoms. The lowest BCUT2D eigenvalue weighted by Gasteiger charge is -2.18. The molecular formula is C24H24N3OS+. The summed E-state index contributed by atoms with van der Waals surface area (Å²) in [5.74, 6) is -0.00705. The van der Waals surface area contributed by atoms with Gasteiger partial charge < -0.3 is 0 Å². The molecule has 0 saturated carbocycles. The predicted octanol–water partition coefficient (Wildman–Crippen LogP) is 5.01. The van der Waals surface area contributed by atoms with Gasteiger partial charge in [-0.25, -0.2) is 0 Å². The molecule has 0 aliphatic carbocycles. The molecule has 0 radical (unpaired) electrons. The van der Waals surface area contributed by atoms with E-state index in [1.165, 1.54) is 16.9 Å². The zero-order valence-corrected chi connectivity index (χ0v) is 17.7. The fraction of sp³-hybridized carbons (Fsp3) is 0.208.